The Morgan fingerprint density at radius 2 is 1.94 bits per heavy atom. The van der Waals surface area contributed by atoms with Crippen molar-refractivity contribution >= 4 is 51.4 Å². The van der Waals surface area contributed by atoms with Crippen LogP contribution in [-0.2, 0) is 4.79 Å². The summed E-state index contributed by atoms with van der Waals surface area (Å²) in [5.41, 5.74) is 0.749. The summed E-state index contributed by atoms with van der Waals surface area (Å²) in [6, 6.07) is 9.32. The third-order valence-electron chi connectivity index (χ3n) is 4.38. The van der Waals surface area contributed by atoms with Gasteiger partial charge in [0.2, 0.25) is 11.0 Å². The van der Waals surface area contributed by atoms with Crippen LogP contribution in [0.15, 0.2) is 40.7 Å². The van der Waals surface area contributed by atoms with Crippen LogP contribution in [0.25, 0.3) is 0 Å². The highest BCUT2D eigenvalue weighted by Gasteiger charge is 2.19. The molecule has 2 N–H and O–H groups in total. The molecule has 0 bridgehead atoms. The second kappa shape index (κ2) is 10.7. The standard InChI is InChI=1S/C20H19N5O6S2/c1-11-13(5-4-6-15(11)25(28)29)18(27)22-19-23-24-20(33-19)32-10-17(26)21-14-9-12(30-2)7-8-16(14)31-3/h4-9H,10H2,1-3H3,(H,21,26)(H,22,23,27). The Labute approximate surface area is 196 Å². The van der Waals surface area contributed by atoms with Crippen LogP contribution in [0.5, 0.6) is 11.5 Å². The Morgan fingerprint density at radius 3 is 2.64 bits per heavy atom. The van der Waals surface area contributed by atoms with E-state index in [1.54, 1.807) is 18.2 Å². The molecule has 1 aromatic heterocycles. The lowest BCUT2D eigenvalue weighted by atomic mass is 10.1. The molecule has 3 rings (SSSR count). The van der Waals surface area contributed by atoms with E-state index in [1.807, 2.05) is 0 Å². The summed E-state index contributed by atoms with van der Waals surface area (Å²) in [6.07, 6.45) is 0. The number of hydrogen-bond donors (Lipinski definition) is 2. The second-order valence-electron chi connectivity index (χ2n) is 6.44. The van der Waals surface area contributed by atoms with Crippen molar-refractivity contribution in [3.63, 3.8) is 0 Å². The summed E-state index contributed by atoms with van der Waals surface area (Å²) in [4.78, 5) is 35.4. The van der Waals surface area contributed by atoms with Crippen LogP contribution < -0.4 is 20.1 Å². The minimum atomic E-state index is -0.544. The molecule has 172 valence electrons. The Balaban J connectivity index is 1.59. The van der Waals surface area contributed by atoms with E-state index < -0.39 is 10.8 Å². The van der Waals surface area contributed by atoms with Crippen molar-refractivity contribution in [1.29, 1.82) is 0 Å². The summed E-state index contributed by atoms with van der Waals surface area (Å²) in [7, 11) is 3.02. The molecule has 0 fully saturated rings. The van der Waals surface area contributed by atoms with E-state index in [9.17, 15) is 19.7 Å². The molecule has 0 saturated carbocycles. The maximum Gasteiger partial charge on any atom is 0.273 e. The van der Waals surface area contributed by atoms with E-state index in [0.29, 0.717) is 21.5 Å². The molecule has 2 amide bonds. The average molecular weight is 490 g/mol. The zero-order valence-electron chi connectivity index (χ0n) is 17.8. The number of benzene rings is 2. The van der Waals surface area contributed by atoms with E-state index in [-0.39, 0.29) is 33.6 Å². The quantitative estimate of drug-likeness (QED) is 0.198. The van der Waals surface area contributed by atoms with Gasteiger partial charge in [0.05, 0.1) is 30.6 Å². The van der Waals surface area contributed by atoms with Gasteiger partial charge in [0.15, 0.2) is 4.34 Å². The van der Waals surface area contributed by atoms with Crippen molar-refractivity contribution in [3.8, 4) is 11.5 Å². The molecule has 1 heterocycles. The number of hydrogen-bond acceptors (Lipinski definition) is 10. The van der Waals surface area contributed by atoms with Crippen molar-refractivity contribution in [2.45, 2.75) is 11.3 Å². The molecule has 0 unspecified atom stereocenters. The SMILES string of the molecule is COc1ccc(OC)c(NC(=O)CSc2nnc(NC(=O)c3cccc([N+](=O)[O-])c3C)s2)c1. The second-order valence-corrected chi connectivity index (χ2v) is 8.64. The topological polar surface area (TPSA) is 146 Å². The molecule has 13 heteroatoms. The van der Waals surface area contributed by atoms with Crippen LogP contribution in [0.2, 0.25) is 0 Å². The highest BCUT2D eigenvalue weighted by molar-refractivity contribution is 8.01. The van der Waals surface area contributed by atoms with Gasteiger partial charge in [0.1, 0.15) is 11.5 Å². The average Bonchev–Trinajstić information content (AvgIpc) is 3.24. The van der Waals surface area contributed by atoms with Crippen LogP contribution in [0.3, 0.4) is 0 Å². The number of ether oxygens (including phenoxy) is 2. The zero-order valence-corrected chi connectivity index (χ0v) is 19.4. The van der Waals surface area contributed by atoms with Crippen molar-refractivity contribution in [3.05, 3.63) is 57.6 Å². The maximum atomic E-state index is 12.5. The monoisotopic (exact) mass is 489 g/mol. The zero-order chi connectivity index (χ0) is 24.0. The van der Waals surface area contributed by atoms with E-state index in [4.69, 9.17) is 9.47 Å². The number of nitro benzene ring substituents is 1. The summed E-state index contributed by atoms with van der Waals surface area (Å²) >= 11 is 2.23. The third kappa shape index (κ3) is 5.96. The van der Waals surface area contributed by atoms with Gasteiger partial charge in [-0.15, -0.1) is 10.2 Å². The lowest BCUT2D eigenvalue weighted by Gasteiger charge is -2.11. The Bertz CT molecular complexity index is 1200. The largest absolute Gasteiger partial charge is 0.497 e. The van der Waals surface area contributed by atoms with Crippen molar-refractivity contribution < 1.29 is 24.0 Å². The summed E-state index contributed by atoms with van der Waals surface area (Å²) in [6.45, 7) is 1.50. The van der Waals surface area contributed by atoms with Crippen molar-refractivity contribution in [2.24, 2.45) is 0 Å². The lowest BCUT2D eigenvalue weighted by Crippen LogP contribution is -2.14. The summed E-state index contributed by atoms with van der Waals surface area (Å²) < 4.78 is 10.9. The van der Waals surface area contributed by atoms with Gasteiger partial charge in [-0.05, 0) is 25.1 Å². The number of rotatable bonds is 9. The molecule has 0 saturated heterocycles. The number of methoxy groups -OCH3 is 2. The van der Waals surface area contributed by atoms with Gasteiger partial charge in [-0.3, -0.25) is 25.0 Å². The fraction of sp³-hybridized carbons (Fsp3) is 0.200. The van der Waals surface area contributed by atoms with Gasteiger partial charge in [0, 0.05) is 23.3 Å². The van der Waals surface area contributed by atoms with E-state index in [2.05, 4.69) is 20.8 Å². The minimum Gasteiger partial charge on any atom is -0.497 e. The lowest BCUT2D eigenvalue weighted by molar-refractivity contribution is -0.385. The number of nitrogens with zero attached hydrogens (tertiary/aromatic N) is 3. The first-order chi connectivity index (χ1) is 15.8. The molecule has 0 spiro atoms. The first-order valence-electron chi connectivity index (χ1n) is 9.36. The number of carbonyl (C=O) groups is 2. The first kappa shape index (κ1) is 23.9. The number of nitro groups is 1. The molecule has 3 aromatic rings. The number of aromatic nitrogens is 2. The molecule has 11 nitrogen and oxygen atoms in total. The van der Waals surface area contributed by atoms with Crippen LogP contribution in [0.1, 0.15) is 15.9 Å². The van der Waals surface area contributed by atoms with Crippen LogP contribution in [-0.4, -0.2) is 46.9 Å². The molecule has 0 radical (unpaired) electrons. The van der Waals surface area contributed by atoms with Crippen molar-refractivity contribution in [2.75, 3.05) is 30.6 Å². The van der Waals surface area contributed by atoms with E-state index >= 15 is 0 Å². The Kier molecular flexibility index (Phi) is 7.79. The normalized spacial score (nSPS) is 10.4. The molecular formula is C20H19N5O6S2. The fourth-order valence-electron chi connectivity index (χ4n) is 2.78. The summed E-state index contributed by atoms with van der Waals surface area (Å²) in [5.74, 6) is 0.285. The third-order valence-corrected chi connectivity index (χ3v) is 6.35. The van der Waals surface area contributed by atoms with Crippen LogP contribution in [0, 0.1) is 17.0 Å². The van der Waals surface area contributed by atoms with Gasteiger partial charge in [0.25, 0.3) is 11.6 Å². The van der Waals surface area contributed by atoms with Gasteiger partial charge < -0.3 is 14.8 Å². The van der Waals surface area contributed by atoms with Gasteiger partial charge >= 0.3 is 0 Å². The fourth-order valence-corrected chi connectivity index (χ4v) is 4.32. The molecule has 0 aliphatic rings. The molecule has 33 heavy (non-hydrogen) atoms. The highest BCUT2D eigenvalue weighted by Crippen LogP contribution is 2.30. The predicted octanol–water partition coefficient (Wildman–Crippen LogP) is 3.76. The highest BCUT2D eigenvalue weighted by atomic mass is 32.2. The van der Waals surface area contributed by atoms with Gasteiger partial charge in [-0.1, -0.05) is 29.2 Å². The van der Waals surface area contributed by atoms with Gasteiger partial charge in [-0.2, -0.15) is 0 Å². The number of anilines is 2. The molecule has 2 aromatic carbocycles. The van der Waals surface area contributed by atoms with Crippen LogP contribution in [0.4, 0.5) is 16.5 Å². The molecule has 0 atom stereocenters. The minimum absolute atomic E-state index is 0.0485. The predicted molar refractivity (Wildman–Crippen MR) is 125 cm³/mol. The molecule has 0 aliphatic heterocycles. The van der Waals surface area contributed by atoms with Crippen LogP contribution >= 0.6 is 23.1 Å². The number of carbonyl (C=O) groups excluding carboxylic acids is 2. The number of amides is 2. The summed E-state index contributed by atoms with van der Waals surface area (Å²) in [5, 5.41) is 24.5. The number of thioether (sulfide) groups is 1. The van der Waals surface area contributed by atoms with E-state index in [1.165, 1.54) is 39.3 Å². The Hall–Kier alpha value is -3.71. The van der Waals surface area contributed by atoms with Gasteiger partial charge in [-0.25, -0.2) is 0 Å². The number of nitrogens with one attached hydrogen (secondary N) is 2. The van der Waals surface area contributed by atoms with Crippen molar-refractivity contribution in [1.82, 2.24) is 10.2 Å². The van der Waals surface area contributed by atoms with E-state index in [0.717, 1.165) is 23.1 Å². The Morgan fingerprint density at radius 1 is 1.15 bits per heavy atom. The first-order valence-corrected chi connectivity index (χ1v) is 11.2. The molecule has 0 aliphatic carbocycles. The maximum absolute atomic E-state index is 12.5. The molecular weight excluding hydrogens is 470 g/mol. The smallest absolute Gasteiger partial charge is 0.273 e.